The van der Waals surface area contributed by atoms with Gasteiger partial charge in [-0.15, -0.1) is 0 Å². The highest BCUT2D eigenvalue weighted by Gasteiger charge is 2.23. The van der Waals surface area contributed by atoms with Crippen molar-refractivity contribution in [3.8, 4) is 0 Å². The highest BCUT2D eigenvalue weighted by molar-refractivity contribution is 7.80. The van der Waals surface area contributed by atoms with E-state index in [0.29, 0.717) is 0 Å². The van der Waals surface area contributed by atoms with Crippen molar-refractivity contribution >= 4 is 23.0 Å². The number of anilines is 1. The third kappa shape index (κ3) is 3.43. The Bertz CT molecular complexity index is 408. The summed E-state index contributed by atoms with van der Waals surface area (Å²) in [5, 5.41) is 4.06. The Morgan fingerprint density at radius 2 is 1.78 bits per heavy atom. The number of rotatable bonds is 1. The number of nitrogens with one attached hydrogen (secondary N) is 1. The minimum atomic E-state index is 0.228. The number of thiocarbonyl (C=S) groups is 1. The van der Waals surface area contributed by atoms with E-state index in [0.717, 1.165) is 23.9 Å². The Hall–Kier alpha value is -1.13. The van der Waals surface area contributed by atoms with Crippen LogP contribution in [-0.2, 0) is 4.74 Å². The molecule has 2 rings (SSSR count). The number of morpholine rings is 1. The Kier molecular flexibility index (Phi) is 4.19. The van der Waals surface area contributed by atoms with Gasteiger partial charge in [-0.2, -0.15) is 0 Å². The number of nitrogens with zero attached hydrogens (tertiary/aromatic N) is 1. The van der Waals surface area contributed by atoms with Crippen molar-refractivity contribution < 1.29 is 4.74 Å². The van der Waals surface area contributed by atoms with Gasteiger partial charge in [0.25, 0.3) is 0 Å². The van der Waals surface area contributed by atoms with Crippen LogP contribution in [0.25, 0.3) is 0 Å². The van der Waals surface area contributed by atoms with Crippen molar-refractivity contribution in [2.24, 2.45) is 0 Å². The quantitative estimate of drug-likeness (QED) is 0.788. The van der Waals surface area contributed by atoms with Gasteiger partial charge in [-0.05, 0) is 45.1 Å². The lowest BCUT2D eigenvalue weighted by Crippen LogP contribution is -2.49. The van der Waals surface area contributed by atoms with Crippen LogP contribution >= 0.6 is 12.2 Å². The van der Waals surface area contributed by atoms with E-state index >= 15 is 0 Å². The van der Waals surface area contributed by atoms with Crippen LogP contribution in [0.4, 0.5) is 5.69 Å². The first-order valence-electron chi connectivity index (χ1n) is 6.32. The highest BCUT2D eigenvalue weighted by atomic mass is 32.1. The fourth-order valence-electron chi connectivity index (χ4n) is 2.18. The van der Waals surface area contributed by atoms with E-state index in [4.69, 9.17) is 17.0 Å². The molecule has 4 heteroatoms. The first-order valence-corrected chi connectivity index (χ1v) is 6.73. The Balaban J connectivity index is 1.97. The van der Waals surface area contributed by atoms with Crippen LogP contribution < -0.4 is 5.32 Å². The van der Waals surface area contributed by atoms with E-state index in [-0.39, 0.29) is 12.2 Å². The van der Waals surface area contributed by atoms with Crippen LogP contribution in [0.3, 0.4) is 0 Å². The van der Waals surface area contributed by atoms with Gasteiger partial charge < -0.3 is 15.0 Å². The summed E-state index contributed by atoms with van der Waals surface area (Å²) in [5.74, 6) is 0. The SMILES string of the molecule is Cc1ccc(NC(=S)N2C[C@H](C)O[C@@H](C)C2)cc1. The third-order valence-corrected chi connectivity index (χ3v) is 3.37. The molecule has 1 aromatic rings. The molecule has 0 radical (unpaired) electrons. The van der Waals surface area contributed by atoms with E-state index in [1.807, 2.05) is 0 Å². The molecule has 1 fully saturated rings. The van der Waals surface area contributed by atoms with Crippen LogP contribution in [0.1, 0.15) is 19.4 Å². The zero-order valence-electron chi connectivity index (χ0n) is 11.1. The normalized spacial score (nSPS) is 23.8. The van der Waals surface area contributed by atoms with Gasteiger partial charge in [-0.25, -0.2) is 0 Å². The molecule has 2 atom stereocenters. The van der Waals surface area contributed by atoms with E-state index in [1.54, 1.807) is 0 Å². The molecule has 0 saturated carbocycles. The van der Waals surface area contributed by atoms with Gasteiger partial charge in [0.05, 0.1) is 12.2 Å². The molecule has 3 nitrogen and oxygen atoms in total. The maximum atomic E-state index is 5.70. The standard InChI is InChI=1S/C14H20N2OS/c1-10-4-6-13(7-5-10)15-14(18)16-8-11(2)17-12(3)9-16/h4-7,11-12H,8-9H2,1-3H3,(H,15,18)/t11-,12-/m0/s1. The molecular formula is C14H20N2OS. The molecular weight excluding hydrogens is 244 g/mol. The highest BCUT2D eigenvalue weighted by Crippen LogP contribution is 2.14. The molecule has 0 spiro atoms. The molecule has 18 heavy (non-hydrogen) atoms. The summed E-state index contributed by atoms with van der Waals surface area (Å²) >= 11 is 5.45. The fourth-order valence-corrected chi connectivity index (χ4v) is 2.45. The molecule has 0 aliphatic carbocycles. The lowest BCUT2D eigenvalue weighted by atomic mass is 10.2. The van der Waals surface area contributed by atoms with Gasteiger partial charge in [0.15, 0.2) is 5.11 Å². The summed E-state index contributed by atoms with van der Waals surface area (Å²) in [6.07, 6.45) is 0.457. The predicted octanol–water partition coefficient (Wildman–Crippen LogP) is 2.80. The van der Waals surface area contributed by atoms with Crippen molar-refractivity contribution in [2.45, 2.75) is 33.0 Å². The second-order valence-corrected chi connectivity index (χ2v) is 5.35. The van der Waals surface area contributed by atoms with Gasteiger partial charge in [0.1, 0.15) is 0 Å². The van der Waals surface area contributed by atoms with Crippen LogP contribution in [0, 0.1) is 6.92 Å². The number of ether oxygens (including phenoxy) is 1. The van der Waals surface area contributed by atoms with Gasteiger partial charge in [0.2, 0.25) is 0 Å². The topological polar surface area (TPSA) is 24.5 Å². The second-order valence-electron chi connectivity index (χ2n) is 4.96. The molecule has 1 saturated heterocycles. The Morgan fingerprint density at radius 3 is 2.33 bits per heavy atom. The molecule has 98 valence electrons. The van der Waals surface area contributed by atoms with Gasteiger partial charge in [0, 0.05) is 18.8 Å². The van der Waals surface area contributed by atoms with E-state index < -0.39 is 0 Å². The number of benzene rings is 1. The number of hydrogen-bond donors (Lipinski definition) is 1. The molecule has 1 aliphatic rings. The molecule has 0 aromatic heterocycles. The van der Waals surface area contributed by atoms with Crippen LogP contribution in [0.5, 0.6) is 0 Å². The average Bonchev–Trinajstić information content (AvgIpc) is 2.31. The smallest absolute Gasteiger partial charge is 0.173 e. The lowest BCUT2D eigenvalue weighted by Gasteiger charge is -2.36. The summed E-state index contributed by atoms with van der Waals surface area (Å²) in [7, 11) is 0. The fraction of sp³-hybridized carbons (Fsp3) is 0.500. The van der Waals surface area contributed by atoms with Crippen molar-refractivity contribution in [2.75, 3.05) is 18.4 Å². The maximum Gasteiger partial charge on any atom is 0.173 e. The van der Waals surface area contributed by atoms with Gasteiger partial charge in [-0.3, -0.25) is 0 Å². The van der Waals surface area contributed by atoms with Crippen LogP contribution in [0.2, 0.25) is 0 Å². The first kappa shape index (κ1) is 13.3. The summed E-state index contributed by atoms with van der Waals surface area (Å²) < 4.78 is 5.70. The summed E-state index contributed by atoms with van der Waals surface area (Å²) in [5.41, 5.74) is 2.29. The van der Waals surface area contributed by atoms with Crippen molar-refractivity contribution in [3.63, 3.8) is 0 Å². The van der Waals surface area contributed by atoms with Crippen molar-refractivity contribution in [1.82, 2.24) is 4.90 Å². The minimum Gasteiger partial charge on any atom is -0.372 e. The maximum absolute atomic E-state index is 5.70. The minimum absolute atomic E-state index is 0.228. The molecule has 1 heterocycles. The molecule has 1 aliphatic heterocycles. The largest absolute Gasteiger partial charge is 0.372 e. The average molecular weight is 264 g/mol. The number of aryl methyl sites for hydroxylation is 1. The molecule has 1 N–H and O–H groups in total. The number of hydrogen-bond acceptors (Lipinski definition) is 2. The van der Waals surface area contributed by atoms with E-state index in [1.165, 1.54) is 5.56 Å². The first-order chi connectivity index (χ1) is 8.54. The zero-order valence-corrected chi connectivity index (χ0v) is 12.0. The molecule has 1 aromatic carbocycles. The molecule has 0 amide bonds. The molecule has 0 unspecified atom stereocenters. The molecule has 0 bridgehead atoms. The summed E-state index contributed by atoms with van der Waals surface area (Å²) in [6.45, 7) is 7.94. The van der Waals surface area contributed by atoms with Crippen molar-refractivity contribution in [3.05, 3.63) is 29.8 Å². The van der Waals surface area contributed by atoms with Gasteiger partial charge >= 0.3 is 0 Å². The second kappa shape index (κ2) is 5.67. The Labute approximate surface area is 114 Å². The monoisotopic (exact) mass is 264 g/mol. The third-order valence-electron chi connectivity index (χ3n) is 3.01. The van der Waals surface area contributed by atoms with Crippen molar-refractivity contribution in [1.29, 1.82) is 0 Å². The van der Waals surface area contributed by atoms with Crippen LogP contribution in [-0.4, -0.2) is 35.3 Å². The lowest BCUT2D eigenvalue weighted by molar-refractivity contribution is -0.0473. The Morgan fingerprint density at radius 1 is 1.22 bits per heavy atom. The van der Waals surface area contributed by atoms with E-state index in [9.17, 15) is 0 Å². The predicted molar refractivity (Wildman–Crippen MR) is 79.0 cm³/mol. The summed E-state index contributed by atoms with van der Waals surface area (Å²) in [6, 6.07) is 8.26. The zero-order chi connectivity index (χ0) is 13.1. The van der Waals surface area contributed by atoms with Crippen LogP contribution in [0.15, 0.2) is 24.3 Å². The van der Waals surface area contributed by atoms with Gasteiger partial charge in [-0.1, -0.05) is 17.7 Å². The summed E-state index contributed by atoms with van der Waals surface area (Å²) in [4.78, 5) is 2.17. The van der Waals surface area contributed by atoms with E-state index in [2.05, 4.69) is 55.3 Å².